The lowest BCUT2D eigenvalue weighted by Crippen LogP contribution is -2.37. The summed E-state index contributed by atoms with van der Waals surface area (Å²) in [6.07, 6.45) is 5.43. The Labute approximate surface area is 170 Å². The van der Waals surface area contributed by atoms with E-state index in [1.165, 1.54) is 0 Å². The van der Waals surface area contributed by atoms with Crippen LogP contribution in [0.3, 0.4) is 0 Å². The van der Waals surface area contributed by atoms with Gasteiger partial charge in [0, 0.05) is 18.1 Å². The molecule has 0 saturated carbocycles. The van der Waals surface area contributed by atoms with E-state index >= 15 is 0 Å². The Balaban J connectivity index is 1.65. The Morgan fingerprint density at radius 3 is 2.48 bits per heavy atom. The van der Waals surface area contributed by atoms with Crippen molar-refractivity contribution in [2.75, 3.05) is 0 Å². The molecule has 0 radical (unpaired) electrons. The van der Waals surface area contributed by atoms with Gasteiger partial charge in [-0.3, -0.25) is 4.79 Å². The van der Waals surface area contributed by atoms with Crippen molar-refractivity contribution in [3.63, 3.8) is 0 Å². The van der Waals surface area contributed by atoms with Crippen LogP contribution in [0.15, 0.2) is 67.3 Å². The second-order valence-electron chi connectivity index (χ2n) is 7.03. The Bertz CT molecular complexity index is 967. The number of aromatic nitrogens is 2. The van der Waals surface area contributed by atoms with Crippen molar-refractivity contribution in [1.29, 1.82) is 0 Å². The van der Waals surface area contributed by atoms with E-state index in [0.717, 1.165) is 22.4 Å². The molecule has 0 bridgehead atoms. The summed E-state index contributed by atoms with van der Waals surface area (Å²) in [5.74, 6) is -0.170. The van der Waals surface area contributed by atoms with E-state index in [-0.39, 0.29) is 18.4 Å². The van der Waals surface area contributed by atoms with Gasteiger partial charge in [0.05, 0.1) is 24.8 Å². The number of aryl methyl sites for hydroxylation is 1. The van der Waals surface area contributed by atoms with Crippen molar-refractivity contribution >= 4 is 11.9 Å². The van der Waals surface area contributed by atoms with E-state index in [9.17, 15) is 9.59 Å². The largest absolute Gasteiger partial charge is 0.352 e. The highest BCUT2D eigenvalue weighted by Crippen LogP contribution is 2.20. The SMILES string of the molecule is Cc1cccc([C@@H](CC(=O)N[C@H](C)c2ccc(-n3ccnc3)cc2)NC(N)=O)c1. The third-order valence-electron chi connectivity index (χ3n) is 4.72. The average molecular weight is 391 g/mol. The predicted molar refractivity (Wildman–Crippen MR) is 111 cm³/mol. The molecule has 0 aliphatic heterocycles. The molecule has 0 aliphatic rings. The summed E-state index contributed by atoms with van der Waals surface area (Å²) in [6, 6.07) is 14.2. The molecule has 0 aliphatic carbocycles. The maximum absolute atomic E-state index is 12.6. The number of urea groups is 1. The minimum absolute atomic E-state index is 0.101. The van der Waals surface area contributed by atoms with Crippen molar-refractivity contribution in [2.24, 2.45) is 5.73 Å². The van der Waals surface area contributed by atoms with Crippen LogP contribution in [0, 0.1) is 6.92 Å². The molecule has 3 aromatic rings. The second-order valence-corrected chi connectivity index (χ2v) is 7.03. The Kier molecular flexibility index (Phi) is 6.29. The van der Waals surface area contributed by atoms with Crippen molar-refractivity contribution in [3.8, 4) is 5.69 Å². The normalized spacial score (nSPS) is 12.8. The van der Waals surface area contributed by atoms with Crippen molar-refractivity contribution in [1.82, 2.24) is 20.2 Å². The summed E-state index contributed by atoms with van der Waals surface area (Å²) in [4.78, 5) is 28.1. The number of rotatable bonds is 7. The molecule has 1 heterocycles. The molecule has 7 heteroatoms. The highest BCUT2D eigenvalue weighted by molar-refractivity contribution is 5.79. The van der Waals surface area contributed by atoms with Gasteiger partial charge in [-0.2, -0.15) is 0 Å². The number of benzene rings is 2. The Morgan fingerprint density at radius 2 is 1.86 bits per heavy atom. The van der Waals surface area contributed by atoms with E-state index in [4.69, 9.17) is 5.73 Å². The number of amides is 3. The molecule has 2 aromatic carbocycles. The third kappa shape index (κ3) is 5.44. The van der Waals surface area contributed by atoms with Crippen LogP contribution in [0.25, 0.3) is 5.69 Å². The Hall–Kier alpha value is -3.61. The summed E-state index contributed by atoms with van der Waals surface area (Å²) < 4.78 is 1.91. The predicted octanol–water partition coefficient (Wildman–Crippen LogP) is 3.16. The van der Waals surface area contributed by atoms with Crippen LogP contribution in [0.4, 0.5) is 4.79 Å². The average Bonchev–Trinajstić information content (AvgIpc) is 3.22. The van der Waals surface area contributed by atoms with Crippen molar-refractivity contribution in [2.45, 2.75) is 32.4 Å². The highest BCUT2D eigenvalue weighted by Gasteiger charge is 2.19. The summed E-state index contributed by atoms with van der Waals surface area (Å²) in [5.41, 5.74) is 9.17. The van der Waals surface area contributed by atoms with Gasteiger partial charge in [-0.15, -0.1) is 0 Å². The number of nitrogens with zero attached hydrogens (tertiary/aromatic N) is 2. The molecule has 4 N–H and O–H groups in total. The molecule has 2 atom stereocenters. The van der Waals surface area contributed by atoms with Gasteiger partial charge in [-0.1, -0.05) is 42.0 Å². The van der Waals surface area contributed by atoms with Gasteiger partial charge in [0.25, 0.3) is 0 Å². The van der Waals surface area contributed by atoms with Crippen LogP contribution in [0.2, 0.25) is 0 Å². The van der Waals surface area contributed by atoms with E-state index in [0.29, 0.717) is 0 Å². The van der Waals surface area contributed by atoms with Crippen LogP contribution in [-0.4, -0.2) is 21.5 Å². The fourth-order valence-corrected chi connectivity index (χ4v) is 3.23. The van der Waals surface area contributed by atoms with Gasteiger partial charge in [-0.05, 0) is 37.1 Å². The van der Waals surface area contributed by atoms with E-state index < -0.39 is 12.1 Å². The van der Waals surface area contributed by atoms with E-state index in [1.807, 2.05) is 73.1 Å². The van der Waals surface area contributed by atoms with Gasteiger partial charge >= 0.3 is 6.03 Å². The van der Waals surface area contributed by atoms with Gasteiger partial charge in [-0.25, -0.2) is 9.78 Å². The molecule has 3 rings (SSSR count). The zero-order chi connectivity index (χ0) is 20.8. The zero-order valence-electron chi connectivity index (χ0n) is 16.5. The number of imidazole rings is 1. The molecule has 1 aromatic heterocycles. The first kappa shape index (κ1) is 20.1. The smallest absolute Gasteiger partial charge is 0.312 e. The fourth-order valence-electron chi connectivity index (χ4n) is 3.23. The lowest BCUT2D eigenvalue weighted by Gasteiger charge is -2.20. The number of carbonyl (C=O) groups excluding carboxylic acids is 2. The lowest BCUT2D eigenvalue weighted by atomic mass is 10.0. The number of hydrogen-bond acceptors (Lipinski definition) is 3. The Morgan fingerprint density at radius 1 is 1.10 bits per heavy atom. The van der Waals surface area contributed by atoms with Gasteiger partial charge in [0.15, 0.2) is 0 Å². The van der Waals surface area contributed by atoms with Crippen LogP contribution < -0.4 is 16.4 Å². The van der Waals surface area contributed by atoms with E-state index in [2.05, 4.69) is 15.6 Å². The van der Waals surface area contributed by atoms with Gasteiger partial charge < -0.3 is 20.9 Å². The quantitative estimate of drug-likeness (QED) is 0.576. The summed E-state index contributed by atoms with van der Waals surface area (Å²) in [7, 11) is 0. The molecular weight excluding hydrogens is 366 g/mol. The number of primary amides is 1. The zero-order valence-corrected chi connectivity index (χ0v) is 16.5. The lowest BCUT2D eigenvalue weighted by molar-refractivity contribution is -0.122. The van der Waals surface area contributed by atoms with Crippen LogP contribution in [0.5, 0.6) is 0 Å². The first-order valence-corrected chi connectivity index (χ1v) is 9.42. The highest BCUT2D eigenvalue weighted by atomic mass is 16.2. The van der Waals surface area contributed by atoms with Crippen LogP contribution in [0.1, 0.15) is 42.1 Å². The summed E-state index contributed by atoms with van der Waals surface area (Å²) in [6.45, 7) is 3.88. The number of carbonyl (C=O) groups is 2. The molecule has 0 spiro atoms. The minimum atomic E-state index is -0.660. The van der Waals surface area contributed by atoms with Crippen molar-refractivity contribution < 1.29 is 9.59 Å². The molecule has 29 heavy (non-hydrogen) atoms. The fraction of sp³-hybridized carbons (Fsp3) is 0.227. The van der Waals surface area contributed by atoms with Crippen LogP contribution in [-0.2, 0) is 4.79 Å². The molecule has 0 fully saturated rings. The van der Waals surface area contributed by atoms with Crippen molar-refractivity contribution in [3.05, 3.63) is 83.9 Å². The molecular formula is C22H25N5O2. The first-order chi connectivity index (χ1) is 13.9. The second kappa shape index (κ2) is 9.05. The summed E-state index contributed by atoms with van der Waals surface area (Å²) in [5, 5.41) is 5.65. The standard InChI is InChI=1S/C22H25N5O2/c1-15-4-3-5-18(12-15)20(26-22(23)29)13-21(28)25-16(2)17-6-8-19(9-7-17)27-11-10-24-14-27/h3-12,14,16,20H,13H2,1-2H3,(H,25,28)(H3,23,26,29)/t16-,20-/m1/s1. The maximum Gasteiger partial charge on any atom is 0.312 e. The molecule has 3 amide bonds. The minimum Gasteiger partial charge on any atom is -0.352 e. The molecule has 0 saturated heterocycles. The number of nitrogens with one attached hydrogen (secondary N) is 2. The molecule has 0 unspecified atom stereocenters. The monoisotopic (exact) mass is 391 g/mol. The van der Waals surface area contributed by atoms with Gasteiger partial charge in [0.1, 0.15) is 0 Å². The maximum atomic E-state index is 12.6. The topological polar surface area (TPSA) is 102 Å². The van der Waals surface area contributed by atoms with Gasteiger partial charge in [0.2, 0.25) is 5.91 Å². The number of hydrogen-bond donors (Lipinski definition) is 3. The first-order valence-electron chi connectivity index (χ1n) is 9.42. The van der Waals surface area contributed by atoms with Crippen LogP contribution >= 0.6 is 0 Å². The molecule has 150 valence electrons. The third-order valence-corrected chi connectivity index (χ3v) is 4.72. The molecule has 7 nitrogen and oxygen atoms in total. The number of nitrogens with two attached hydrogens (primary N) is 1. The summed E-state index contributed by atoms with van der Waals surface area (Å²) >= 11 is 0. The van der Waals surface area contributed by atoms with E-state index in [1.54, 1.807) is 12.5 Å².